The van der Waals surface area contributed by atoms with Crippen molar-refractivity contribution >= 4 is 17.9 Å². The number of nitrogens with one attached hydrogen (secondary N) is 2. The minimum absolute atomic E-state index is 0.0759. The minimum Gasteiger partial charge on any atom is -0.454 e. The number of carbonyl (C=O) groups is 1. The van der Waals surface area contributed by atoms with Crippen molar-refractivity contribution in [3.63, 3.8) is 0 Å². The molecule has 0 aliphatic carbocycles. The van der Waals surface area contributed by atoms with E-state index in [0.29, 0.717) is 17.2 Å². The van der Waals surface area contributed by atoms with Gasteiger partial charge in [-0.1, -0.05) is 6.07 Å². The summed E-state index contributed by atoms with van der Waals surface area (Å²) in [5.41, 5.74) is 1.25. The lowest BCUT2D eigenvalue weighted by molar-refractivity contribution is -0.115. The Labute approximate surface area is 103 Å². The molecule has 0 atom stereocenters. The number of benzene rings is 1. The first-order valence-electron chi connectivity index (χ1n) is 5.40. The number of rotatable bonds is 1. The van der Waals surface area contributed by atoms with Crippen LogP contribution in [0.25, 0.3) is 6.08 Å². The van der Waals surface area contributed by atoms with Crippen molar-refractivity contribution in [3.8, 4) is 11.5 Å². The highest BCUT2D eigenvalue weighted by atomic mass is 16.7. The summed E-state index contributed by atoms with van der Waals surface area (Å²) in [6.45, 7) is 0.223. The molecule has 0 radical (unpaired) electrons. The number of fused-ring (bicyclic) bond motifs is 1. The SMILES string of the molecule is CN1C(=N)NC(=O)/C1=C\c1ccc2c(c1)OCO2. The molecule has 2 aliphatic heterocycles. The lowest BCUT2D eigenvalue weighted by Gasteiger charge is -2.08. The summed E-state index contributed by atoms with van der Waals surface area (Å²) >= 11 is 0. The van der Waals surface area contributed by atoms with Gasteiger partial charge >= 0.3 is 0 Å². The molecule has 2 N–H and O–H groups in total. The molecule has 0 spiro atoms. The molecule has 1 fully saturated rings. The van der Waals surface area contributed by atoms with Crippen LogP contribution in [-0.2, 0) is 4.79 Å². The number of likely N-dealkylation sites (N-methyl/N-ethyl adjacent to an activating group) is 1. The number of amides is 1. The van der Waals surface area contributed by atoms with Crippen LogP contribution in [0.15, 0.2) is 23.9 Å². The van der Waals surface area contributed by atoms with Crippen LogP contribution < -0.4 is 14.8 Å². The second-order valence-corrected chi connectivity index (χ2v) is 4.00. The summed E-state index contributed by atoms with van der Waals surface area (Å²) < 4.78 is 10.5. The van der Waals surface area contributed by atoms with E-state index in [0.717, 1.165) is 5.56 Å². The number of carbonyl (C=O) groups excluding carboxylic acids is 1. The highest BCUT2D eigenvalue weighted by Crippen LogP contribution is 2.33. The van der Waals surface area contributed by atoms with E-state index in [-0.39, 0.29) is 18.7 Å². The number of hydrogen-bond acceptors (Lipinski definition) is 4. The third-order valence-electron chi connectivity index (χ3n) is 2.86. The van der Waals surface area contributed by atoms with Crippen molar-refractivity contribution < 1.29 is 14.3 Å². The molecule has 3 rings (SSSR count). The molecular weight excluding hydrogens is 234 g/mol. The van der Waals surface area contributed by atoms with E-state index in [1.807, 2.05) is 6.07 Å². The largest absolute Gasteiger partial charge is 0.454 e. The van der Waals surface area contributed by atoms with Crippen molar-refractivity contribution in [2.45, 2.75) is 0 Å². The van der Waals surface area contributed by atoms with Crippen LogP contribution in [0.1, 0.15) is 5.56 Å². The molecule has 2 aliphatic rings. The fourth-order valence-electron chi connectivity index (χ4n) is 1.85. The molecule has 6 nitrogen and oxygen atoms in total. The smallest absolute Gasteiger partial charge is 0.274 e. The van der Waals surface area contributed by atoms with Crippen molar-refractivity contribution in [2.75, 3.05) is 13.8 Å². The standard InChI is InChI=1S/C12H11N3O3/c1-15-8(11(16)14-12(15)13)4-7-2-3-9-10(5-7)18-6-17-9/h2-5H,6H2,1H3,(H2,13,14,16)/b8-4+. The van der Waals surface area contributed by atoms with Gasteiger partial charge in [0.25, 0.3) is 5.91 Å². The Kier molecular flexibility index (Phi) is 2.22. The molecule has 0 unspecified atom stereocenters. The van der Waals surface area contributed by atoms with Crippen molar-refractivity contribution in [3.05, 3.63) is 29.5 Å². The minimum atomic E-state index is -0.278. The zero-order valence-corrected chi connectivity index (χ0v) is 9.69. The lowest BCUT2D eigenvalue weighted by atomic mass is 10.1. The number of nitrogens with zero attached hydrogens (tertiary/aromatic N) is 1. The predicted molar refractivity (Wildman–Crippen MR) is 64.2 cm³/mol. The third-order valence-corrected chi connectivity index (χ3v) is 2.86. The number of guanidine groups is 1. The predicted octanol–water partition coefficient (Wildman–Crippen LogP) is 0.753. The Morgan fingerprint density at radius 2 is 2.17 bits per heavy atom. The van der Waals surface area contributed by atoms with Gasteiger partial charge in [0, 0.05) is 7.05 Å². The van der Waals surface area contributed by atoms with Crippen LogP contribution in [0, 0.1) is 5.41 Å². The first kappa shape index (κ1) is 10.6. The van der Waals surface area contributed by atoms with Crippen LogP contribution in [0.5, 0.6) is 11.5 Å². The van der Waals surface area contributed by atoms with Gasteiger partial charge in [0.1, 0.15) is 5.70 Å². The first-order valence-corrected chi connectivity index (χ1v) is 5.40. The van der Waals surface area contributed by atoms with Gasteiger partial charge in [-0.15, -0.1) is 0 Å². The van der Waals surface area contributed by atoms with E-state index in [2.05, 4.69) is 5.32 Å². The lowest BCUT2D eigenvalue weighted by Crippen LogP contribution is -2.25. The summed E-state index contributed by atoms with van der Waals surface area (Å²) in [6, 6.07) is 5.44. The zero-order chi connectivity index (χ0) is 12.7. The molecule has 1 aromatic rings. The van der Waals surface area contributed by atoms with Crippen LogP contribution >= 0.6 is 0 Å². The maximum Gasteiger partial charge on any atom is 0.274 e. The first-order chi connectivity index (χ1) is 8.65. The Morgan fingerprint density at radius 3 is 2.89 bits per heavy atom. The van der Waals surface area contributed by atoms with E-state index in [1.54, 1.807) is 25.3 Å². The fraction of sp³-hybridized carbons (Fsp3) is 0.167. The maximum absolute atomic E-state index is 11.6. The Balaban J connectivity index is 1.97. The summed E-state index contributed by atoms with van der Waals surface area (Å²) in [7, 11) is 1.67. The maximum atomic E-state index is 11.6. The Morgan fingerprint density at radius 1 is 1.39 bits per heavy atom. The third kappa shape index (κ3) is 1.58. The molecule has 2 heterocycles. The van der Waals surface area contributed by atoms with Gasteiger partial charge in [-0.05, 0) is 23.8 Å². The second kappa shape index (κ2) is 3.76. The van der Waals surface area contributed by atoms with Gasteiger partial charge in [-0.25, -0.2) is 0 Å². The van der Waals surface area contributed by atoms with Gasteiger partial charge < -0.3 is 14.4 Å². The molecule has 18 heavy (non-hydrogen) atoms. The highest BCUT2D eigenvalue weighted by Gasteiger charge is 2.27. The number of hydrogen-bond donors (Lipinski definition) is 2. The van der Waals surface area contributed by atoms with Gasteiger partial charge in [-0.2, -0.15) is 0 Å². The van der Waals surface area contributed by atoms with E-state index in [9.17, 15) is 4.79 Å². The monoisotopic (exact) mass is 245 g/mol. The molecule has 6 heteroatoms. The Bertz CT molecular complexity index is 580. The van der Waals surface area contributed by atoms with Crippen LogP contribution in [-0.4, -0.2) is 30.6 Å². The van der Waals surface area contributed by atoms with Crippen molar-refractivity contribution in [1.29, 1.82) is 5.41 Å². The van der Waals surface area contributed by atoms with Gasteiger partial charge in [0.2, 0.25) is 12.8 Å². The van der Waals surface area contributed by atoms with Gasteiger partial charge in [-0.3, -0.25) is 15.5 Å². The van der Waals surface area contributed by atoms with Crippen LogP contribution in [0.3, 0.4) is 0 Å². The molecule has 0 saturated carbocycles. The normalized spacial score (nSPS) is 19.6. The Hall–Kier alpha value is -2.50. The molecule has 92 valence electrons. The molecule has 1 saturated heterocycles. The highest BCUT2D eigenvalue weighted by molar-refractivity contribution is 6.14. The van der Waals surface area contributed by atoms with Crippen LogP contribution in [0.4, 0.5) is 0 Å². The van der Waals surface area contributed by atoms with Crippen molar-refractivity contribution in [1.82, 2.24) is 10.2 Å². The molecule has 0 bridgehead atoms. The molecular formula is C12H11N3O3. The average Bonchev–Trinajstić information content (AvgIpc) is 2.89. The average molecular weight is 245 g/mol. The quantitative estimate of drug-likeness (QED) is 0.716. The fourth-order valence-corrected chi connectivity index (χ4v) is 1.85. The summed E-state index contributed by atoms with van der Waals surface area (Å²) in [6.07, 6.45) is 1.71. The molecule has 1 amide bonds. The van der Waals surface area contributed by atoms with E-state index < -0.39 is 0 Å². The summed E-state index contributed by atoms with van der Waals surface area (Å²) in [5.74, 6) is 1.17. The van der Waals surface area contributed by atoms with E-state index in [1.165, 1.54) is 4.90 Å². The van der Waals surface area contributed by atoms with Crippen LogP contribution in [0.2, 0.25) is 0 Å². The number of ether oxygens (including phenoxy) is 2. The second-order valence-electron chi connectivity index (χ2n) is 4.00. The zero-order valence-electron chi connectivity index (χ0n) is 9.69. The van der Waals surface area contributed by atoms with Gasteiger partial charge in [0.15, 0.2) is 11.5 Å². The summed E-state index contributed by atoms with van der Waals surface area (Å²) in [4.78, 5) is 13.1. The molecule has 1 aromatic carbocycles. The van der Waals surface area contributed by atoms with Gasteiger partial charge in [0.05, 0.1) is 0 Å². The van der Waals surface area contributed by atoms with E-state index >= 15 is 0 Å². The topological polar surface area (TPSA) is 74.7 Å². The summed E-state index contributed by atoms with van der Waals surface area (Å²) in [5, 5.41) is 9.95. The van der Waals surface area contributed by atoms with Crippen molar-refractivity contribution in [2.24, 2.45) is 0 Å². The van der Waals surface area contributed by atoms with E-state index in [4.69, 9.17) is 14.9 Å². The molecule has 0 aromatic heterocycles.